The van der Waals surface area contributed by atoms with E-state index >= 15 is 0 Å². The lowest BCUT2D eigenvalue weighted by atomic mass is 10.1. The van der Waals surface area contributed by atoms with Crippen molar-refractivity contribution in [2.75, 3.05) is 5.32 Å². The molecular weight excluding hydrogens is 332 g/mol. The second-order valence-corrected chi connectivity index (χ2v) is 4.98. The number of carbonyl (C=O) groups is 1. The smallest absolute Gasteiger partial charge is 0.293 e. The first-order chi connectivity index (χ1) is 10.8. The Morgan fingerprint density at radius 2 is 1.96 bits per heavy atom. The maximum Gasteiger partial charge on any atom is 0.293 e. The lowest BCUT2D eigenvalue weighted by molar-refractivity contribution is -0.384. The number of nitro benzene ring substituents is 1. The van der Waals surface area contributed by atoms with Crippen LogP contribution in [0.25, 0.3) is 0 Å². The number of hydrogen-bond acceptors (Lipinski definition) is 4. The van der Waals surface area contributed by atoms with Gasteiger partial charge in [-0.05, 0) is 17.7 Å². The van der Waals surface area contributed by atoms with E-state index in [9.17, 15) is 23.7 Å². The van der Waals surface area contributed by atoms with E-state index in [1.54, 1.807) is 0 Å². The number of anilines is 1. The van der Waals surface area contributed by atoms with Gasteiger partial charge in [-0.3, -0.25) is 14.9 Å². The van der Waals surface area contributed by atoms with E-state index in [2.05, 4.69) is 5.32 Å². The van der Waals surface area contributed by atoms with Gasteiger partial charge in [0.25, 0.3) is 11.6 Å². The van der Waals surface area contributed by atoms with Crippen LogP contribution in [0.15, 0.2) is 30.3 Å². The van der Waals surface area contributed by atoms with Crippen LogP contribution in [-0.4, -0.2) is 10.8 Å². The summed E-state index contributed by atoms with van der Waals surface area (Å²) >= 11 is 5.64. The van der Waals surface area contributed by atoms with Crippen LogP contribution in [0.4, 0.5) is 20.2 Å². The highest BCUT2D eigenvalue weighted by Gasteiger charge is 2.20. The Balaban J connectivity index is 2.31. The van der Waals surface area contributed by atoms with Crippen LogP contribution in [-0.2, 0) is 6.54 Å². The van der Waals surface area contributed by atoms with E-state index in [0.717, 1.165) is 18.2 Å². The van der Waals surface area contributed by atoms with E-state index < -0.39 is 33.7 Å². The van der Waals surface area contributed by atoms with Gasteiger partial charge in [0.05, 0.1) is 15.5 Å². The van der Waals surface area contributed by atoms with Crippen LogP contribution in [0.1, 0.15) is 15.9 Å². The van der Waals surface area contributed by atoms with E-state index in [1.165, 1.54) is 12.1 Å². The average molecular weight is 342 g/mol. The largest absolute Gasteiger partial charge is 0.375 e. The number of rotatable bonds is 5. The molecule has 23 heavy (non-hydrogen) atoms. The first-order valence-electron chi connectivity index (χ1n) is 6.25. The number of carbonyl (C=O) groups excluding carboxylic acids is 1. The standard InChI is InChI=1S/C14H10ClF2N3O3/c15-9-3-7(1-2-10(9)16)6-19-12-5-11(17)8(14(18)21)4-13(12)20(22)23/h1-5,19H,6H2,(H2,18,21). The van der Waals surface area contributed by atoms with Gasteiger partial charge in [0.15, 0.2) is 0 Å². The lowest BCUT2D eigenvalue weighted by Crippen LogP contribution is -2.14. The molecule has 120 valence electrons. The quantitative estimate of drug-likeness (QED) is 0.644. The highest BCUT2D eigenvalue weighted by Crippen LogP contribution is 2.28. The Morgan fingerprint density at radius 3 is 2.52 bits per heavy atom. The minimum atomic E-state index is -1.11. The number of hydrogen-bond donors (Lipinski definition) is 2. The van der Waals surface area contributed by atoms with Gasteiger partial charge in [-0.25, -0.2) is 8.78 Å². The van der Waals surface area contributed by atoms with Crippen molar-refractivity contribution < 1.29 is 18.5 Å². The van der Waals surface area contributed by atoms with Crippen molar-refractivity contribution in [3.05, 3.63) is 68.2 Å². The number of nitrogens with zero attached hydrogens (tertiary/aromatic N) is 1. The van der Waals surface area contributed by atoms with E-state index in [4.69, 9.17) is 17.3 Å². The molecule has 3 N–H and O–H groups in total. The molecule has 6 nitrogen and oxygen atoms in total. The Morgan fingerprint density at radius 1 is 1.26 bits per heavy atom. The number of nitrogens with one attached hydrogen (secondary N) is 1. The topological polar surface area (TPSA) is 98.3 Å². The number of benzene rings is 2. The first kappa shape index (κ1) is 16.6. The summed E-state index contributed by atoms with van der Waals surface area (Å²) in [7, 11) is 0. The van der Waals surface area contributed by atoms with E-state index in [0.29, 0.717) is 5.56 Å². The number of halogens is 3. The molecule has 0 radical (unpaired) electrons. The van der Waals surface area contributed by atoms with Crippen LogP contribution in [0.2, 0.25) is 5.02 Å². The van der Waals surface area contributed by atoms with Crippen molar-refractivity contribution in [2.24, 2.45) is 5.73 Å². The van der Waals surface area contributed by atoms with Gasteiger partial charge in [-0.2, -0.15) is 0 Å². The molecule has 0 fully saturated rings. The zero-order valence-corrected chi connectivity index (χ0v) is 12.2. The number of nitrogens with two attached hydrogens (primary N) is 1. The molecule has 0 saturated heterocycles. The third-order valence-electron chi connectivity index (χ3n) is 3.01. The molecule has 0 spiro atoms. The number of amides is 1. The fraction of sp³-hybridized carbons (Fsp3) is 0.0714. The van der Waals surface area contributed by atoms with Gasteiger partial charge < -0.3 is 11.1 Å². The van der Waals surface area contributed by atoms with Crippen LogP contribution >= 0.6 is 11.6 Å². The highest BCUT2D eigenvalue weighted by molar-refractivity contribution is 6.30. The van der Waals surface area contributed by atoms with E-state index in [-0.39, 0.29) is 17.3 Å². The minimum absolute atomic E-state index is 0.0379. The molecule has 2 aromatic rings. The summed E-state index contributed by atoms with van der Waals surface area (Å²) in [6, 6.07) is 5.48. The third kappa shape index (κ3) is 3.72. The monoisotopic (exact) mass is 341 g/mol. The van der Waals surface area contributed by atoms with Crippen LogP contribution in [0, 0.1) is 21.7 Å². The number of primary amides is 1. The van der Waals surface area contributed by atoms with Crippen molar-refractivity contribution >= 4 is 28.9 Å². The van der Waals surface area contributed by atoms with Gasteiger partial charge in [-0.15, -0.1) is 0 Å². The normalized spacial score (nSPS) is 10.4. The van der Waals surface area contributed by atoms with Crippen LogP contribution in [0.3, 0.4) is 0 Å². The predicted molar refractivity (Wildman–Crippen MR) is 80.3 cm³/mol. The van der Waals surface area contributed by atoms with Gasteiger partial charge in [-0.1, -0.05) is 17.7 Å². The van der Waals surface area contributed by atoms with Gasteiger partial charge in [0.2, 0.25) is 0 Å². The van der Waals surface area contributed by atoms with Crippen molar-refractivity contribution in [3.8, 4) is 0 Å². The molecule has 1 amide bonds. The molecule has 0 aliphatic rings. The van der Waals surface area contributed by atoms with Crippen molar-refractivity contribution in [3.63, 3.8) is 0 Å². The fourth-order valence-corrected chi connectivity index (χ4v) is 2.09. The zero-order valence-electron chi connectivity index (χ0n) is 11.5. The summed E-state index contributed by atoms with van der Waals surface area (Å²) in [5.74, 6) is -2.69. The van der Waals surface area contributed by atoms with Gasteiger partial charge >= 0.3 is 0 Å². The zero-order chi connectivity index (χ0) is 17.1. The molecule has 0 unspecified atom stereocenters. The predicted octanol–water partition coefficient (Wildman–Crippen LogP) is 3.24. The van der Waals surface area contributed by atoms with Crippen molar-refractivity contribution in [1.82, 2.24) is 0 Å². The Labute approximate surface area is 134 Å². The fourth-order valence-electron chi connectivity index (χ4n) is 1.89. The molecule has 0 aliphatic heterocycles. The Hall–Kier alpha value is -2.74. The molecule has 0 saturated carbocycles. The van der Waals surface area contributed by atoms with E-state index in [1.807, 2.05) is 0 Å². The molecule has 2 aromatic carbocycles. The SMILES string of the molecule is NC(=O)c1cc([N+](=O)[O-])c(NCc2ccc(F)c(Cl)c2)cc1F. The van der Waals surface area contributed by atoms with Crippen molar-refractivity contribution in [2.45, 2.75) is 6.54 Å². The molecule has 9 heteroatoms. The summed E-state index contributed by atoms with van der Waals surface area (Å²) in [6.45, 7) is 0.0379. The lowest BCUT2D eigenvalue weighted by Gasteiger charge is -2.09. The molecule has 0 heterocycles. The van der Waals surface area contributed by atoms with Gasteiger partial charge in [0, 0.05) is 18.7 Å². The molecule has 0 aromatic heterocycles. The van der Waals surface area contributed by atoms with Crippen LogP contribution in [0.5, 0.6) is 0 Å². The van der Waals surface area contributed by atoms with Gasteiger partial charge in [0.1, 0.15) is 17.3 Å². The highest BCUT2D eigenvalue weighted by atomic mass is 35.5. The van der Waals surface area contributed by atoms with Crippen molar-refractivity contribution in [1.29, 1.82) is 0 Å². The number of nitro groups is 1. The molecule has 2 rings (SSSR count). The molecule has 0 bridgehead atoms. The molecule has 0 aliphatic carbocycles. The summed E-state index contributed by atoms with van der Waals surface area (Å²) in [4.78, 5) is 21.3. The average Bonchev–Trinajstić information content (AvgIpc) is 2.47. The van der Waals surface area contributed by atoms with Crippen LogP contribution < -0.4 is 11.1 Å². The summed E-state index contributed by atoms with van der Waals surface area (Å²) in [6.07, 6.45) is 0. The maximum absolute atomic E-state index is 13.8. The molecule has 0 atom stereocenters. The molecular formula is C14H10ClF2N3O3. The summed E-state index contributed by atoms with van der Waals surface area (Å²) < 4.78 is 26.8. The minimum Gasteiger partial charge on any atom is -0.375 e. The second-order valence-electron chi connectivity index (χ2n) is 4.57. The summed E-state index contributed by atoms with van der Waals surface area (Å²) in [5.41, 5.74) is 4.27. The third-order valence-corrected chi connectivity index (χ3v) is 3.30. The maximum atomic E-state index is 13.8. The Kier molecular flexibility index (Phi) is 4.75. The Bertz CT molecular complexity index is 799. The summed E-state index contributed by atoms with van der Waals surface area (Å²) in [5, 5.41) is 13.6. The first-order valence-corrected chi connectivity index (χ1v) is 6.63. The second kappa shape index (κ2) is 6.57.